The van der Waals surface area contributed by atoms with Crippen LogP contribution in [0.25, 0.3) is 21.2 Å². The number of hydrogen-bond acceptors (Lipinski definition) is 5. The van der Waals surface area contributed by atoms with E-state index in [0.717, 1.165) is 34.6 Å². The zero-order valence-corrected chi connectivity index (χ0v) is 25.6. The Bertz CT molecular complexity index is 1740. The van der Waals surface area contributed by atoms with Gasteiger partial charge in [0, 0.05) is 36.8 Å². The topological polar surface area (TPSA) is 113 Å². The minimum atomic E-state index is -1.02. The predicted octanol–water partition coefficient (Wildman–Crippen LogP) is 7.17. The van der Waals surface area contributed by atoms with Gasteiger partial charge in [-0.1, -0.05) is 29.8 Å². The second-order valence-electron chi connectivity index (χ2n) is 10.7. The maximum atomic E-state index is 14.7. The number of nitrogens with zero attached hydrogens (tertiary/aromatic N) is 2. The van der Waals surface area contributed by atoms with Crippen LogP contribution < -0.4 is 10.5 Å². The molecular weight excluding hydrogens is 612 g/mol. The van der Waals surface area contributed by atoms with Crippen LogP contribution in [-0.2, 0) is 6.54 Å². The smallest absolute Gasteiger partial charge is 0.407 e. The Hall–Kier alpha value is -4.22. The standard InChI is InChI=1S/C32H30ClF2N3O5S/c1-37(32(41)42)21-8-10-22(11-9-21)38(31(40)29-27(33)26-23(34)12-13-24(35)28(26)44-29)16-20-15-19(7-14-25(20)43-2)17-3-5-18(6-4-17)30(36)39/h3-7,12-15,21-22H,8-11,16H2,1-2H3,(H2,36,39)(H,41,42). The summed E-state index contributed by atoms with van der Waals surface area (Å²) in [6.07, 6.45) is 1.06. The third-order valence-corrected chi connectivity index (χ3v) is 9.89. The first kappa shape index (κ1) is 31.2. The third-order valence-electron chi connectivity index (χ3n) is 8.22. The molecule has 230 valence electrons. The van der Waals surface area contributed by atoms with Gasteiger partial charge in [-0.3, -0.25) is 9.59 Å². The highest BCUT2D eigenvalue weighted by atomic mass is 35.5. The zero-order valence-electron chi connectivity index (χ0n) is 24.0. The lowest BCUT2D eigenvalue weighted by Crippen LogP contribution is -2.46. The van der Waals surface area contributed by atoms with Crippen LogP contribution in [0.4, 0.5) is 13.6 Å². The highest BCUT2D eigenvalue weighted by Gasteiger charge is 2.35. The number of benzene rings is 3. The van der Waals surface area contributed by atoms with Crippen molar-refractivity contribution < 1.29 is 33.0 Å². The molecule has 12 heteroatoms. The fourth-order valence-electron chi connectivity index (χ4n) is 5.74. The number of hydrogen-bond donors (Lipinski definition) is 2. The molecular formula is C32H30ClF2N3O5S. The van der Waals surface area contributed by atoms with Crippen LogP contribution in [0.3, 0.4) is 0 Å². The average Bonchev–Trinajstić information content (AvgIpc) is 3.39. The molecule has 0 saturated heterocycles. The molecule has 44 heavy (non-hydrogen) atoms. The predicted molar refractivity (Wildman–Crippen MR) is 165 cm³/mol. The number of rotatable bonds is 8. The largest absolute Gasteiger partial charge is 0.496 e. The van der Waals surface area contributed by atoms with E-state index < -0.39 is 29.5 Å². The van der Waals surface area contributed by atoms with E-state index in [9.17, 15) is 28.3 Å². The third kappa shape index (κ3) is 6.07. The van der Waals surface area contributed by atoms with E-state index in [0.29, 0.717) is 42.6 Å². The van der Waals surface area contributed by atoms with E-state index in [1.54, 1.807) is 35.2 Å². The molecule has 1 heterocycles. The Balaban J connectivity index is 1.53. The van der Waals surface area contributed by atoms with Gasteiger partial charge in [-0.15, -0.1) is 11.3 Å². The molecule has 5 rings (SSSR count). The molecule has 4 aromatic rings. The Morgan fingerprint density at radius 1 is 0.977 bits per heavy atom. The molecule has 0 unspecified atom stereocenters. The molecule has 0 atom stereocenters. The summed E-state index contributed by atoms with van der Waals surface area (Å²) in [5.41, 5.74) is 8.05. The number of thiophene rings is 1. The Morgan fingerprint density at radius 2 is 1.59 bits per heavy atom. The van der Waals surface area contributed by atoms with Gasteiger partial charge in [-0.25, -0.2) is 13.6 Å². The van der Waals surface area contributed by atoms with Gasteiger partial charge in [0.25, 0.3) is 5.91 Å². The summed E-state index contributed by atoms with van der Waals surface area (Å²) in [5.74, 6) is -1.89. The zero-order chi connectivity index (χ0) is 31.7. The summed E-state index contributed by atoms with van der Waals surface area (Å²) >= 11 is 7.35. The van der Waals surface area contributed by atoms with Crippen LogP contribution in [0, 0.1) is 11.6 Å². The maximum Gasteiger partial charge on any atom is 0.407 e. The summed E-state index contributed by atoms with van der Waals surface area (Å²) < 4.78 is 35.0. The number of halogens is 3. The lowest BCUT2D eigenvalue weighted by atomic mass is 9.89. The Labute approximate surface area is 261 Å². The van der Waals surface area contributed by atoms with Crippen molar-refractivity contribution >= 4 is 50.9 Å². The summed E-state index contributed by atoms with van der Waals surface area (Å²) in [6.45, 7) is 0.0921. The molecule has 0 radical (unpaired) electrons. The first-order chi connectivity index (χ1) is 21.0. The van der Waals surface area contributed by atoms with Crippen molar-refractivity contribution in [3.63, 3.8) is 0 Å². The summed E-state index contributed by atoms with van der Waals surface area (Å²) in [4.78, 5) is 40.3. The molecule has 0 aliphatic heterocycles. The molecule has 0 bridgehead atoms. The second-order valence-corrected chi connectivity index (χ2v) is 12.1. The van der Waals surface area contributed by atoms with E-state index in [1.807, 2.05) is 12.1 Å². The molecule has 3 aromatic carbocycles. The average molecular weight is 642 g/mol. The second kappa shape index (κ2) is 12.8. The molecule has 3 amide bonds. The van der Waals surface area contributed by atoms with Gasteiger partial charge in [0.2, 0.25) is 5.91 Å². The number of carboxylic acid groups (broad SMARTS) is 1. The molecule has 1 aliphatic carbocycles. The first-order valence-electron chi connectivity index (χ1n) is 13.9. The fraction of sp³-hybridized carbons (Fsp3) is 0.281. The van der Waals surface area contributed by atoms with Gasteiger partial charge in [-0.05, 0) is 73.2 Å². The van der Waals surface area contributed by atoms with Crippen molar-refractivity contribution in [2.24, 2.45) is 5.73 Å². The Morgan fingerprint density at radius 3 is 2.18 bits per heavy atom. The fourth-order valence-corrected chi connectivity index (χ4v) is 7.24. The summed E-state index contributed by atoms with van der Waals surface area (Å²) in [5, 5.41) is 9.18. The molecule has 0 spiro atoms. The SMILES string of the molecule is COc1ccc(-c2ccc(C(N)=O)cc2)cc1CN(C(=O)c1sc2c(F)ccc(F)c2c1Cl)C1CCC(N(C)C(=O)O)CC1. The maximum absolute atomic E-state index is 14.7. The van der Waals surface area contributed by atoms with E-state index in [4.69, 9.17) is 22.1 Å². The van der Waals surface area contributed by atoms with Crippen LogP contribution in [-0.4, -0.2) is 59.1 Å². The molecule has 3 N–H and O–H groups in total. The van der Waals surface area contributed by atoms with Crippen LogP contribution in [0.5, 0.6) is 5.75 Å². The number of amides is 3. The van der Waals surface area contributed by atoms with Gasteiger partial charge in [-0.2, -0.15) is 0 Å². The Kier molecular flexibility index (Phi) is 9.07. The van der Waals surface area contributed by atoms with Gasteiger partial charge in [0.1, 0.15) is 22.3 Å². The summed E-state index contributed by atoms with van der Waals surface area (Å²) in [6, 6.07) is 13.8. The van der Waals surface area contributed by atoms with E-state index in [2.05, 4.69) is 0 Å². The number of nitrogens with two attached hydrogens (primary N) is 1. The van der Waals surface area contributed by atoms with Crippen molar-refractivity contribution in [3.05, 3.63) is 87.3 Å². The van der Waals surface area contributed by atoms with Crippen molar-refractivity contribution in [1.82, 2.24) is 9.80 Å². The highest BCUT2D eigenvalue weighted by molar-refractivity contribution is 7.21. The van der Waals surface area contributed by atoms with Crippen molar-refractivity contribution in [2.45, 2.75) is 44.3 Å². The van der Waals surface area contributed by atoms with Crippen molar-refractivity contribution in [1.29, 1.82) is 0 Å². The van der Waals surface area contributed by atoms with Crippen LogP contribution in [0.2, 0.25) is 5.02 Å². The van der Waals surface area contributed by atoms with Crippen LogP contribution in [0.1, 0.15) is 51.3 Å². The van der Waals surface area contributed by atoms with Crippen molar-refractivity contribution in [3.8, 4) is 16.9 Å². The molecule has 8 nitrogen and oxygen atoms in total. The van der Waals surface area contributed by atoms with Crippen LogP contribution >= 0.6 is 22.9 Å². The lowest BCUT2D eigenvalue weighted by molar-refractivity contribution is 0.0555. The minimum Gasteiger partial charge on any atom is -0.496 e. The molecule has 1 aliphatic rings. The normalized spacial score (nSPS) is 16.5. The van der Waals surface area contributed by atoms with E-state index >= 15 is 0 Å². The number of carbonyl (C=O) groups excluding carboxylic acids is 2. The van der Waals surface area contributed by atoms with Crippen molar-refractivity contribution in [2.75, 3.05) is 14.2 Å². The first-order valence-corrected chi connectivity index (χ1v) is 15.1. The van der Waals surface area contributed by atoms with E-state index in [1.165, 1.54) is 19.1 Å². The molecule has 1 saturated carbocycles. The number of ether oxygens (including phenoxy) is 1. The summed E-state index contributed by atoms with van der Waals surface area (Å²) in [7, 11) is 3.05. The molecule has 1 fully saturated rings. The monoisotopic (exact) mass is 641 g/mol. The number of primary amides is 1. The lowest BCUT2D eigenvalue weighted by Gasteiger charge is -2.39. The van der Waals surface area contributed by atoms with Crippen LogP contribution in [0.15, 0.2) is 54.6 Å². The van der Waals surface area contributed by atoms with Gasteiger partial charge in [0.05, 0.1) is 22.2 Å². The van der Waals surface area contributed by atoms with Gasteiger partial charge in [0.15, 0.2) is 0 Å². The molecule has 1 aromatic heterocycles. The van der Waals surface area contributed by atoms with Gasteiger partial charge >= 0.3 is 6.09 Å². The highest BCUT2D eigenvalue weighted by Crippen LogP contribution is 2.41. The number of methoxy groups -OCH3 is 1. The van der Waals surface area contributed by atoms with E-state index in [-0.39, 0.29) is 38.6 Å². The minimum absolute atomic E-state index is 0.0209. The number of carbonyl (C=O) groups is 3. The number of fused-ring (bicyclic) bond motifs is 1. The van der Waals surface area contributed by atoms with Gasteiger partial charge < -0.3 is 25.4 Å². The quantitative estimate of drug-likeness (QED) is 0.212.